The zero-order chi connectivity index (χ0) is 11.4. The molecule has 1 aromatic rings. The molecule has 0 amide bonds. The summed E-state index contributed by atoms with van der Waals surface area (Å²) >= 11 is 0. The Morgan fingerprint density at radius 1 is 1.67 bits per heavy atom. The lowest BCUT2D eigenvalue weighted by Gasteiger charge is -2.17. The summed E-state index contributed by atoms with van der Waals surface area (Å²) < 4.78 is 1.75. The van der Waals surface area contributed by atoms with Gasteiger partial charge in [0.15, 0.2) is 0 Å². The van der Waals surface area contributed by atoms with E-state index in [1.54, 1.807) is 4.68 Å². The molecule has 0 aliphatic rings. The van der Waals surface area contributed by atoms with E-state index in [1.165, 1.54) is 0 Å². The number of hydrogen-bond acceptors (Lipinski definition) is 3. The SMILES string of the molecule is CCN(CC(=O)O)Cc1cn(C)nc1C. The first kappa shape index (κ1) is 11.7. The largest absolute Gasteiger partial charge is 0.480 e. The first-order valence-corrected chi connectivity index (χ1v) is 4.96. The maximum Gasteiger partial charge on any atom is 0.317 e. The molecule has 1 N–H and O–H groups in total. The molecule has 0 spiro atoms. The van der Waals surface area contributed by atoms with Crippen LogP contribution in [-0.4, -0.2) is 38.8 Å². The Morgan fingerprint density at radius 2 is 2.33 bits per heavy atom. The summed E-state index contributed by atoms with van der Waals surface area (Å²) in [6.07, 6.45) is 1.93. The van der Waals surface area contributed by atoms with Gasteiger partial charge in [-0.05, 0) is 13.5 Å². The number of carboxylic acid groups (broad SMARTS) is 1. The molecule has 0 saturated carbocycles. The lowest BCUT2D eigenvalue weighted by Crippen LogP contribution is -2.29. The Kier molecular flexibility index (Phi) is 3.85. The minimum absolute atomic E-state index is 0.0742. The van der Waals surface area contributed by atoms with E-state index >= 15 is 0 Å². The number of aryl methyl sites for hydroxylation is 2. The Hall–Kier alpha value is -1.36. The van der Waals surface area contributed by atoms with E-state index in [4.69, 9.17) is 5.11 Å². The van der Waals surface area contributed by atoms with Crippen molar-refractivity contribution in [2.75, 3.05) is 13.1 Å². The van der Waals surface area contributed by atoms with Gasteiger partial charge in [0.25, 0.3) is 0 Å². The van der Waals surface area contributed by atoms with E-state index in [0.717, 1.165) is 17.8 Å². The van der Waals surface area contributed by atoms with Crippen molar-refractivity contribution in [2.24, 2.45) is 7.05 Å². The fourth-order valence-electron chi connectivity index (χ4n) is 1.52. The molecule has 0 atom stereocenters. The molecule has 1 aromatic heterocycles. The highest BCUT2D eigenvalue weighted by Gasteiger charge is 2.11. The van der Waals surface area contributed by atoms with Crippen LogP contribution in [0.3, 0.4) is 0 Å². The lowest BCUT2D eigenvalue weighted by atomic mass is 10.2. The summed E-state index contributed by atoms with van der Waals surface area (Å²) in [7, 11) is 1.87. The van der Waals surface area contributed by atoms with Crippen LogP contribution in [0.2, 0.25) is 0 Å². The average molecular weight is 211 g/mol. The molecular weight excluding hydrogens is 194 g/mol. The molecule has 0 unspecified atom stereocenters. The number of nitrogens with zero attached hydrogens (tertiary/aromatic N) is 3. The molecule has 5 nitrogen and oxygen atoms in total. The van der Waals surface area contributed by atoms with E-state index in [0.29, 0.717) is 6.54 Å². The van der Waals surface area contributed by atoms with Crippen molar-refractivity contribution in [3.63, 3.8) is 0 Å². The van der Waals surface area contributed by atoms with Crippen LogP contribution in [0.4, 0.5) is 0 Å². The van der Waals surface area contributed by atoms with Gasteiger partial charge in [0, 0.05) is 25.4 Å². The third-order valence-electron chi connectivity index (χ3n) is 2.32. The molecule has 0 radical (unpaired) electrons. The topological polar surface area (TPSA) is 58.4 Å². The van der Waals surface area contributed by atoms with E-state index < -0.39 is 5.97 Å². The molecule has 0 aliphatic heterocycles. The Balaban J connectivity index is 2.66. The summed E-state index contributed by atoms with van der Waals surface area (Å²) in [5.41, 5.74) is 2.04. The van der Waals surface area contributed by atoms with Gasteiger partial charge < -0.3 is 5.11 Å². The number of hydrogen-bond donors (Lipinski definition) is 1. The van der Waals surface area contributed by atoms with Crippen molar-refractivity contribution in [3.8, 4) is 0 Å². The number of carbonyl (C=O) groups is 1. The van der Waals surface area contributed by atoms with Crippen molar-refractivity contribution < 1.29 is 9.90 Å². The molecule has 0 bridgehead atoms. The molecule has 15 heavy (non-hydrogen) atoms. The normalized spacial score (nSPS) is 10.9. The standard InChI is InChI=1S/C10H17N3O2/c1-4-13(7-10(14)15)6-9-5-12(3)11-8(9)2/h5H,4,6-7H2,1-3H3,(H,14,15). The molecule has 0 aliphatic carbocycles. The van der Waals surface area contributed by atoms with E-state index in [9.17, 15) is 4.79 Å². The Bertz CT molecular complexity index is 346. The Labute approximate surface area is 89.3 Å². The molecule has 0 fully saturated rings. The highest BCUT2D eigenvalue weighted by atomic mass is 16.4. The lowest BCUT2D eigenvalue weighted by molar-refractivity contribution is -0.138. The average Bonchev–Trinajstić information content (AvgIpc) is 2.43. The maximum atomic E-state index is 10.6. The van der Waals surface area contributed by atoms with Crippen LogP contribution in [0.5, 0.6) is 0 Å². The monoisotopic (exact) mass is 211 g/mol. The van der Waals surface area contributed by atoms with Gasteiger partial charge in [-0.25, -0.2) is 0 Å². The number of aromatic nitrogens is 2. The van der Waals surface area contributed by atoms with Crippen molar-refractivity contribution in [3.05, 3.63) is 17.5 Å². The summed E-state index contributed by atoms with van der Waals surface area (Å²) in [5.74, 6) is -0.793. The predicted molar refractivity (Wildman–Crippen MR) is 56.5 cm³/mol. The summed E-state index contributed by atoms with van der Waals surface area (Å²) in [5, 5.41) is 12.9. The van der Waals surface area contributed by atoms with Crippen LogP contribution in [0.15, 0.2) is 6.20 Å². The molecular formula is C10H17N3O2. The zero-order valence-corrected chi connectivity index (χ0v) is 9.40. The fraction of sp³-hybridized carbons (Fsp3) is 0.600. The van der Waals surface area contributed by atoms with E-state index in [-0.39, 0.29) is 6.54 Å². The third kappa shape index (κ3) is 3.36. The third-order valence-corrected chi connectivity index (χ3v) is 2.32. The predicted octanol–water partition coefficient (Wildman–Crippen LogP) is 0.635. The number of rotatable bonds is 5. The van der Waals surface area contributed by atoms with Gasteiger partial charge in [-0.2, -0.15) is 5.10 Å². The summed E-state index contributed by atoms with van der Waals surface area (Å²) in [6.45, 7) is 5.33. The van der Waals surface area contributed by atoms with Gasteiger partial charge in [-0.1, -0.05) is 6.92 Å². The second kappa shape index (κ2) is 4.93. The molecule has 1 heterocycles. The van der Waals surface area contributed by atoms with E-state index in [2.05, 4.69) is 5.10 Å². The van der Waals surface area contributed by atoms with Gasteiger partial charge in [0.05, 0.1) is 12.2 Å². The molecule has 0 aromatic carbocycles. The molecule has 0 saturated heterocycles. The smallest absolute Gasteiger partial charge is 0.317 e. The number of carboxylic acids is 1. The second-order valence-corrected chi connectivity index (χ2v) is 3.61. The zero-order valence-electron chi connectivity index (χ0n) is 9.40. The van der Waals surface area contributed by atoms with Crippen molar-refractivity contribution >= 4 is 5.97 Å². The van der Waals surface area contributed by atoms with Crippen molar-refractivity contribution in [1.82, 2.24) is 14.7 Å². The van der Waals surface area contributed by atoms with Crippen LogP contribution in [0, 0.1) is 6.92 Å². The summed E-state index contributed by atoms with van der Waals surface area (Å²) in [6, 6.07) is 0. The molecule has 5 heteroatoms. The van der Waals surface area contributed by atoms with Crippen LogP contribution < -0.4 is 0 Å². The summed E-state index contributed by atoms with van der Waals surface area (Å²) in [4.78, 5) is 12.5. The van der Waals surface area contributed by atoms with Gasteiger partial charge in [-0.3, -0.25) is 14.4 Å². The minimum Gasteiger partial charge on any atom is -0.480 e. The van der Waals surface area contributed by atoms with Crippen LogP contribution in [0.1, 0.15) is 18.2 Å². The number of aliphatic carboxylic acids is 1. The van der Waals surface area contributed by atoms with Gasteiger partial charge >= 0.3 is 5.97 Å². The highest BCUT2D eigenvalue weighted by Crippen LogP contribution is 2.08. The van der Waals surface area contributed by atoms with Crippen molar-refractivity contribution in [1.29, 1.82) is 0 Å². The fourth-order valence-corrected chi connectivity index (χ4v) is 1.52. The first-order valence-electron chi connectivity index (χ1n) is 4.96. The quantitative estimate of drug-likeness (QED) is 0.776. The van der Waals surface area contributed by atoms with Gasteiger partial charge in [0.2, 0.25) is 0 Å². The minimum atomic E-state index is -0.793. The molecule has 1 rings (SSSR count). The molecule has 84 valence electrons. The first-order chi connectivity index (χ1) is 7.02. The maximum absolute atomic E-state index is 10.6. The van der Waals surface area contributed by atoms with Crippen LogP contribution in [-0.2, 0) is 18.4 Å². The van der Waals surface area contributed by atoms with Crippen molar-refractivity contribution in [2.45, 2.75) is 20.4 Å². The Morgan fingerprint density at radius 3 is 2.73 bits per heavy atom. The van der Waals surface area contributed by atoms with Crippen LogP contribution >= 0.6 is 0 Å². The van der Waals surface area contributed by atoms with Crippen LogP contribution in [0.25, 0.3) is 0 Å². The highest BCUT2D eigenvalue weighted by molar-refractivity contribution is 5.69. The van der Waals surface area contributed by atoms with Gasteiger partial charge in [-0.15, -0.1) is 0 Å². The second-order valence-electron chi connectivity index (χ2n) is 3.61. The number of likely N-dealkylation sites (N-methyl/N-ethyl adjacent to an activating group) is 1. The van der Waals surface area contributed by atoms with E-state index in [1.807, 2.05) is 32.0 Å². The van der Waals surface area contributed by atoms with Gasteiger partial charge in [0.1, 0.15) is 0 Å².